The maximum Gasteiger partial charge on any atom is 0.211 e. The molecule has 0 heterocycles. The minimum atomic E-state index is -0.0887. The first kappa shape index (κ1) is 14.3. The van der Waals surface area contributed by atoms with Crippen molar-refractivity contribution >= 4 is 23.8 Å². The van der Waals surface area contributed by atoms with Crippen LogP contribution in [0.15, 0.2) is 28.4 Å². The Morgan fingerprint density at radius 3 is 2.72 bits per heavy atom. The van der Waals surface area contributed by atoms with E-state index in [4.69, 9.17) is 27.8 Å². The lowest BCUT2D eigenvalue weighted by atomic mass is 10.2. The number of nitrogens with zero attached hydrogens (tertiary/aromatic N) is 2. The van der Waals surface area contributed by atoms with Crippen molar-refractivity contribution in [2.45, 2.75) is 13.8 Å². The van der Waals surface area contributed by atoms with Crippen LogP contribution in [0.5, 0.6) is 5.75 Å². The maximum absolute atomic E-state index is 6.08. The molecule has 0 aliphatic heterocycles. The molecule has 0 unspecified atom stereocenters. The number of benzene rings is 1. The van der Waals surface area contributed by atoms with Gasteiger partial charge in [-0.05, 0) is 29.7 Å². The second kappa shape index (κ2) is 6.86. The van der Waals surface area contributed by atoms with Crippen LogP contribution in [0, 0.1) is 5.92 Å². The van der Waals surface area contributed by atoms with Crippen LogP contribution in [-0.4, -0.2) is 18.8 Å². The van der Waals surface area contributed by atoms with Gasteiger partial charge in [-0.3, -0.25) is 0 Å². The van der Waals surface area contributed by atoms with Crippen molar-refractivity contribution in [1.29, 1.82) is 0 Å². The molecule has 6 heteroatoms. The first-order valence-corrected chi connectivity index (χ1v) is 5.91. The predicted octanol–water partition coefficient (Wildman–Crippen LogP) is 1.98. The molecule has 0 spiro atoms. The van der Waals surface area contributed by atoms with Crippen LogP contribution >= 0.6 is 11.6 Å². The van der Waals surface area contributed by atoms with Gasteiger partial charge in [0, 0.05) is 0 Å². The number of rotatable bonds is 5. The van der Waals surface area contributed by atoms with Gasteiger partial charge in [-0.2, -0.15) is 5.10 Å². The Morgan fingerprint density at radius 1 is 1.44 bits per heavy atom. The standard InChI is InChI=1S/C12H17ClN4O/c1-8(2)7-18-11-4-3-9(5-10(11)13)6-16-17-12(14)15/h3-6,8H,7H2,1-2H3,(H4,14,15,17). The molecule has 0 atom stereocenters. The summed E-state index contributed by atoms with van der Waals surface area (Å²) in [7, 11) is 0. The second-order valence-electron chi connectivity index (χ2n) is 4.16. The van der Waals surface area contributed by atoms with Crippen molar-refractivity contribution in [1.82, 2.24) is 0 Å². The van der Waals surface area contributed by atoms with E-state index in [-0.39, 0.29) is 5.96 Å². The highest BCUT2D eigenvalue weighted by molar-refractivity contribution is 6.32. The average Bonchev–Trinajstić information content (AvgIpc) is 2.27. The number of hydrogen-bond donors (Lipinski definition) is 2. The number of hydrogen-bond acceptors (Lipinski definition) is 3. The molecule has 5 nitrogen and oxygen atoms in total. The van der Waals surface area contributed by atoms with E-state index < -0.39 is 0 Å². The lowest BCUT2D eigenvalue weighted by molar-refractivity contribution is 0.271. The molecular formula is C12H17ClN4O. The minimum Gasteiger partial charge on any atom is -0.492 e. The van der Waals surface area contributed by atoms with Gasteiger partial charge in [-0.15, -0.1) is 5.10 Å². The van der Waals surface area contributed by atoms with Gasteiger partial charge < -0.3 is 16.2 Å². The zero-order valence-electron chi connectivity index (χ0n) is 10.4. The summed E-state index contributed by atoms with van der Waals surface area (Å²) < 4.78 is 5.55. The van der Waals surface area contributed by atoms with Crippen molar-refractivity contribution in [2.24, 2.45) is 27.6 Å². The molecule has 1 aromatic carbocycles. The van der Waals surface area contributed by atoms with Gasteiger partial charge >= 0.3 is 0 Å². The maximum atomic E-state index is 6.08. The lowest BCUT2D eigenvalue weighted by Gasteiger charge is -2.10. The fourth-order valence-corrected chi connectivity index (χ4v) is 1.38. The quantitative estimate of drug-likeness (QED) is 0.486. The Balaban J connectivity index is 2.73. The number of halogens is 1. The zero-order chi connectivity index (χ0) is 13.5. The molecule has 0 saturated carbocycles. The van der Waals surface area contributed by atoms with Crippen LogP contribution in [0.1, 0.15) is 19.4 Å². The normalized spacial score (nSPS) is 10.9. The van der Waals surface area contributed by atoms with Crippen LogP contribution in [0.3, 0.4) is 0 Å². The number of nitrogens with two attached hydrogens (primary N) is 2. The largest absolute Gasteiger partial charge is 0.492 e. The molecule has 0 radical (unpaired) electrons. The molecule has 4 N–H and O–H groups in total. The van der Waals surface area contributed by atoms with Gasteiger partial charge in [-0.1, -0.05) is 25.4 Å². The van der Waals surface area contributed by atoms with E-state index in [2.05, 4.69) is 24.1 Å². The summed E-state index contributed by atoms with van der Waals surface area (Å²) in [6.07, 6.45) is 1.51. The summed E-state index contributed by atoms with van der Waals surface area (Å²) in [6, 6.07) is 5.36. The molecule has 98 valence electrons. The topological polar surface area (TPSA) is 86.0 Å². The van der Waals surface area contributed by atoms with E-state index in [1.165, 1.54) is 6.21 Å². The van der Waals surface area contributed by atoms with Crippen LogP contribution in [0.4, 0.5) is 0 Å². The summed E-state index contributed by atoms with van der Waals surface area (Å²) in [5.41, 5.74) is 11.1. The summed E-state index contributed by atoms with van der Waals surface area (Å²) >= 11 is 6.08. The first-order valence-electron chi connectivity index (χ1n) is 5.53. The molecular weight excluding hydrogens is 252 g/mol. The van der Waals surface area contributed by atoms with E-state index in [0.29, 0.717) is 23.3 Å². The van der Waals surface area contributed by atoms with Crippen LogP contribution in [0.25, 0.3) is 0 Å². The third-order valence-corrected chi connectivity index (χ3v) is 2.20. The Labute approximate surface area is 111 Å². The van der Waals surface area contributed by atoms with E-state index in [1.54, 1.807) is 12.1 Å². The summed E-state index contributed by atoms with van der Waals surface area (Å²) in [4.78, 5) is 0. The van der Waals surface area contributed by atoms with Gasteiger partial charge in [0.2, 0.25) is 5.96 Å². The third-order valence-electron chi connectivity index (χ3n) is 1.91. The fourth-order valence-electron chi connectivity index (χ4n) is 1.13. The molecule has 0 aliphatic rings. The van der Waals surface area contributed by atoms with Crippen molar-refractivity contribution < 1.29 is 4.74 Å². The van der Waals surface area contributed by atoms with Crippen molar-refractivity contribution in [3.05, 3.63) is 28.8 Å². The van der Waals surface area contributed by atoms with E-state index in [0.717, 1.165) is 5.56 Å². The summed E-state index contributed by atoms with van der Waals surface area (Å²) in [6.45, 7) is 4.77. The van der Waals surface area contributed by atoms with Gasteiger partial charge in [0.25, 0.3) is 0 Å². The Hall–Kier alpha value is -1.75. The highest BCUT2D eigenvalue weighted by Crippen LogP contribution is 2.25. The first-order chi connectivity index (χ1) is 8.49. The van der Waals surface area contributed by atoms with E-state index in [9.17, 15) is 0 Å². The van der Waals surface area contributed by atoms with Crippen molar-refractivity contribution in [3.8, 4) is 5.75 Å². The molecule has 0 aliphatic carbocycles. The van der Waals surface area contributed by atoms with Gasteiger partial charge in [0.05, 0.1) is 17.8 Å². The summed E-state index contributed by atoms with van der Waals surface area (Å²) in [5, 5.41) is 7.73. The van der Waals surface area contributed by atoms with Gasteiger partial charge in [-0.25, -0.2) is 0 Å². The Kier molecular flexibility index (Phi) is 5.45. The number of ether oxygens (including phenoxy) is 1. The van der Waals surface area contributed by atoms with Crippen LogP contribution < -0.4 is 16.2 Å². The van der Waals surface area contributed by atoms with Crippen LogP contribution in [-0.2, 0) is 0 Å². The molecule has 0 amide bonds. The molecule has 0 fully saturated rings. The van der Waals surface area contributed by atoms with E-state index >= 15 is 0 Å². The minimum absolute atomic E-state index is 0.0887. The molecule has 0 saturated heterocycles. The second-order valence-corrected chi connectivity index (χ2v) is 4.57. The highest BCUT2D eigenvalue weighted by atomic mass is 35.5. The molecule has 0 aromatic heterocycles. The zero-order valence-corrected chi connectivity index (χ0v) is 11.2. The lowest BCUT2D eigenvalue weighted by Crippen LogP contribution is -2.21. The molecule has 1 rings (SSSR count). The smallest absolute Gasteiger partial charge is 0.211 e. The number of guanidine groups is 1. The van der Waals surface area contributed by atoms with Crippen LogP contribution in [0.2, 0.25) is 5.02 Å². The molecule has 0 bridgehead atoms. The molecule has 18 heavy (non-hydrogen) atoms. The van der Waals surface area contributed by atoms with Crippen molar-refractivity contribution in [3.63, 3.8) is 0 Å². The monoisotopic (exact) mass is 268 g/mol. The highest BCUT2D eigenvalue weighted by Gasteiger charge is 2.03. The Morgan fingerprint density at radius 2 is 2.17 bits per heavy atom. The van der Waals surface area contributed by atoms with Crippen molar-refractivity contribution in [2.75, 3.05) is 6.61 Å². The Bertz CT molecular complexity index is 453. The molecule has 1 aromatic rings. The van der Waals surface area contributed by atoms with Gasteiger partial charge in [0.15, 0.2) is 0 Å². The average molecular weight is 269 g/mol. The fraction of sp³-hybridized carbons (Fsp3) is 0.333. The third kappa shape index (κ3) is 5.05. The predicted molar refractivity (Wildman–Crippen MR) is 75.2 cm³/mol. The summed E-state index contributed by atoms with van der Waals surface area (Å²) in [5.74, 6) is 1.02. The van der Waals surface area contributed by atoms with E-state index in [1.807, 2.05) is 6.07 Å². The SMILES string of the molecule is CC(C)COc1ccc(C=NN=C(N)N)cc1Cl. The van der Waals surface area contributed by atoms with Gasteiger partial charge in [0.1, 0.15) is 5.75 Å².